The topological polar surface area (TPSA) is 15.3 Å². The van der Waals surface area contributed by atoms with E-state index in [0.29, 0.717) is 6.04 Å². The normalized spacial score (nSPS) is 16.6. The summed E-state index contributed by atoms with van der Waals surface area (Å²) in [6.45, 7) is 2.22. The van der Waals surface area contributed by atoms with Crippen LogP contribution in [0, 0.1) is 0 Å². The fourth-order valence-electron chi connectivity index (χ4n) is 1.98. The monoisotopic (exact) mass is 218 g/mol. The number of rotatable bonds is 2. The molecule has 0 saturated carbocycles. The number of hydrogen-bond donors (Lipinski definition) is 1. The zero-order valence-corrected chi connectivity index (χ0v) is 9.55. The lowest BCUT2D eigenvalue weighted by Gasteiger charge is -2.36. The van der Waals surface area contributed by atoms with Crippen molar-refractivity contribution >= 4 is 27.1 Å². The Bertz CT molecular complexity index is 473. The molecule has 1 aromatic heterocycles. The summed E-state index contributed by atoms with van der Waals surface area (Å²) in [6, 6.07) is 9.29. The van der Waals surface area contributed by atoms with Crippen LogP contribution in [0.5, 0.6) is 0 Å². The summed E-state index contributed by atoms with van der Waals surface area (Å²) in [7, 11) is 2.19. The summed E-state index contributed by atoms with van der Waals surface area (Å²) in [5.41, 5.74) is 1.38. The maximum atomic E-state index is 3.31. The maximum absolute atomic E-state index is 3.31. The van der Waals surface area contributed by atoms with Gasteiger partial charge in [-0.3, -0.25) is 0 Å². The second-order valence-corrected chi connectivity index (χ2v) is 4.95. The van der Waals surface area contributed by atoms with Crippen molar-refractivity contribution in [2.75, 3.05) is 25.0 Å². The molecule has 78 valence electrons. The van der Waals surface area contributed by atoms with Crippen molar-refractivity contribution in [1.29, 1.82) is 0 Å². The van der Waals surface area contributed by atoms with E-state index in [1.807, 2.05) is 11.3 Å². The van der Waals surface area contributed by atoms with Gasteiger partial charge >= 0.3 is 0 Å². The molecule has 1 aliphatic rings. The zero-order valence-electron chi connectivity index (χ0n) is 8.73. The van der Waals surface area contributed by atoms with E-state index in [-0.39, 0.29) is 0 Å². The molecule has 0 amide bonds. The van der Waals surface area contributed by atoms with E-state index in [9.17, 15) is 0 Å². The Labute approximate surface area is 93.5 Å². The number of hydrogen-bond acceptors (Lipinski definition) is 3. The first-order valence-electron chi connectivity index (χ1n) is 5.26. The van der Waals surface area contributed by atoms with Gasteiger partial charge in [-0.05, 0) is 6.07 Å². The number of nitrogens with one attached hydrogen (secondary N) is 1. The minimum absolute atomic E-state index is 0.669. The summed E-state index contributed by atoms with van der Waals surface area (Å²) >= 11 is 1.83. The molecule has 0 aliphatic carbocycles. The zero-order chi connectivity index (χ0) is 10.3. The summed E-state index contributed by atoms with van der Waals surface area (Å²) in [5, 5.41) is 6.97. The first kappa shape index (κ1) is 9.19. The Hall–Kier alpha value is -1.06. The van der Waals surface area contributed by atoms with Crippen molar-refractivity contribution in [3.63, 3.8) is 0 Å². The van der Waals surface area contributed by atoms with Gasteiger partial charge in [0.25, 0.3) is 0 Å². The molecule has 0 atom stereocenters. The molecule has 1 saturated heterocycles. The number of likely N-dealkylation sites (N-methyl/N-ethyl adjacent to an activating group) is 1. The van der Waals surface area contributed by atoms with E-state index in [0.717, 1.165) is 13.1 Å². The lowest BCUT2D eigenvalue weighted by atomic mass is 10.1. The van der Waals surface area contributed by atoms with E-state index in [2.05, 4.69) is 46.9 Å². The predicted octanol–water partition coefficient (Wildman–Crippen LogP) is 2.31. The summed E-state index contributed by atoms with van der Waals surface area (Å²) in [6.07, 6.45) is 0. The molecule has 1 aromatic carbocycles. The van der Waals surface area contributed by atoms with Crippen LogP contribution in [0.1, 0.15) is 0 Å². The molecule has 3 heteroatoms. The lowest BCUT2D eigenvalue weighted by Crippen LogP contribution is -2.56. The third-order valence-electron chi connectivity index (χ3n) is 3.15. The van der Waals surface area contributed by atoms with Crippen LogP contribution >= 0.6 is 11.3 Å². The number of benzene rings is 1. The van der Waals surface area contributed by atoms with E-state index < -0.39 is 0 Å². The summed E-state index contributed by atoms with van der Waals surface area (Å²) in [4.78, 5) is 2.40. The van der Waals surface area contributed by atoms with Crippen LogP contribution in [0.25, 0.3) is 10.1 Å². The largest absolute Gasteiger partial charge is 0.368 e. The molecular weight excluding hydrogens is 204 g/mol. The first-order chi connectivity index (χ1) is 7.36. The number of anilines is 1. The van der Waals surface area contributed by atoms with Gasteiger partial charge in [0, 0.05) is 35.6 Å². The molecule has 0 spiro atoms. The fraction of sp³-hybridized carbons (Fsp3) is 0.333. The highest BCUT2D eigenvalue weighted by Gasteiger charge is 2.23. The van der Waals surface area contributed by atoms with Crippen molar-refractivity contribution in [1.82, 2.24) is 5.32 Å². The number of thiophene rings is 1. The van der Waals surface area contributed by atoms with Gasteiger partial charge in [-0.15, -0.1) is 11.3 Å². The van der Waals surface area contributed by atoms with Crippen LogP contribution < -0.4 is 10.2 Å². The number of fused-ring (bicyclic) bond motifs is 1. The van der Waals surface area contributed by atoms with Crippen LogP contribution in [0.15, 0.2) is 29.6 Å². The van der Waals surface area contributed by atoms with Gasteiger partial charge in [0.15, 0.2) is 0 Å². The van der Waals surface area contributed by atoms with Crippen molar-refractivity contribution in [2.45, 2.75) is 6.04 Å². The van der Waals surface area contributed by atoms with Gasteiger partial charge in [-0.2, -0.15) is 0 Å². The third kappa shape index (κ3) is 1.43. The van der Waals surface area contributed by atoms with Crippen LogP contribution in [-0.4, -0.2) is 26.2 Å². The lowest BCUT2D eigenvalue weighted by molar-refractivity contribution is 0.429. The highest BCUT2D eigenvalue weighted by molar-refractivity contribution is 7.17. The minimum atomic E-state index is 0.669. The second-order valence-electron chi connectivity index (χ2n) is 4.04. The Kier molecular flexibility index (Phi) is 2.15. The molecule has 0 unspecified atom stereocenters. The van der Waals surface area contributed by atoms with Crippen LogP contribution in [-0.2, 0) is 0 Å². The van der Waals surface area contributed by atoms with E-state index in [1.54, 1.807) is 0 Å². The smallest absolute Gasteiger partial charge is 0.0555 e. The average molecular weight is 218 g/mol. The summed E-state index contributed by atoms with van der Waals surface area (Å²) in [5.74, 6) is 0. The second kappa shape index (κ2) is 3.51. The molecule has 3 rings (SSSR count). The molecule has 0 radical (unpaired) electrons. The Morgan fingerprint density at radius 2 is 2.13 bits per heavy atom. The van der Waals surface area contributed by atoms with Gasteiger partial charge < -0.3 is 10.2 Å². The molecule has 2 nitrogen and oxygen atoms in total. The summed E-state index contributed by atoms with van der Waals surface area (Å²) < 4.78 is 1.38. The maximum Gasteiger partial charge on any atom is 0.0555 e. The highest BCUT2D eigenvalue weighted by Crippen LogP contribution is 2.33. The van der Waals surface area contributed by atoms with Gasteiger partial charge in [0.1, 0.15) is 0 Å². The van der Waals surface area contributed by atoms with Crippen LogP contribution in [0.2, 0.25) is 0 Å². The molecule has 15 heavy (non-hydrogen) atoms. The molecule has 0 bridgehead atoms. The van der Waals surface area contributed by atoms with Crippen molar-refractivity contribution in [2.24, 2.45) is 0 Å². The van der Waals surface area contributed by atoms with Crippen LogP contribution in [0.3, 0.4) is 0 Å². The quantitative estimate of drug-likeness (QED) is 0.832. The Balaban J connectivity index is 2.02. The molecule has 1 N–H and O–H groups in total. The van der Waals surface area contributed by atoms with E-state index in [4.69, 9.17) is 0 Å². The van der Waals surface area contributed by atoms with Gasteiger partial charge in [0.2, 0.25) is 0 Å². The standard InChI is InChI=1S/C12H14N2S/c1-14(9-6-13-7-9)11-8-15-12-5-3-2-4-10(11)12/h2-5,8-9,13H,6-7H2,1H3. The predicted molar refractivity (Wildman–Crippen MR) is 66.9 cm³/mol. The van der Waals surface area contributed by atoms with Crippen molar-refractivity contribution in [3.8, 4) is 0 Å². The average Bonchev–Trinajstić information content (AvgIpc) is 2.58. The third-order valence-corrected chi connectivity index (χ3v) is 4.10. The molecule has 2 heterocycles. The minimum Gasteiger partial charge on any atom is -0.368 e. The van der Waals surface area contributed by atoms with Gasteiger partial charge in [0.05, 0.1) is 11.7 Å². The van der Waals surface area contributed by atoms with Gasteiger partial charge in [-0.25, -0.2) is 0 Å². The Morgan fingerprint density at radius 3 is 2.87 bits per heavy atom. The van der Waals surface area contributed by atoms with Gasteiger partial charge in [-0.1, -0.05) is 18.2 Å². The Morgan fingerprint density at radius 1 is 1.33 bits per heavy atom. The molecule has 1 fully saturated rings. The van der Waals surface area contributed by atoms with E-state index >= 15 is 0 Å². The molecule has 2 aromatic rings. The highest BCUT2D eigenvalue weighted by atomic mass is 32.1. The van der Waals surface area contributed by atoms with E-state index in [1.165, 1.54) is 15.8 Å². The fourth-order valence-corrected chi connectivity index (χ4v) is 2.97. The van der Waals surface area contributed by atoms with Crippen molar-refractivity contribution in [3.05, 3.63) is 29.6 Å². The first-order valence-corrected chi connectivity index (χ1v) is 6.14. The van der Waals surface area contributed by atoms with Crippen LogP contribution in [0.4, 0.5) is 5.69 Å². The number of nitrogens with zero attached hydrogens (tertiary/aromatic N) is 1. The van der Waals surface area contributed by atoms with Crippen molar-refractivity contribution < 1.29 is 0 Å². The SMILES string of the molecule is CN(c1csc2ccccc12)C1CNC1. The molecule has 1 aliphatic heterocycles. The molecular formula is C12H14N2S.